The van der Waals surface area contributed by atoms with Crippen molar-refractivity contribution in [3.8, 4) is 5.75 Å². The average molecular weight is 432 g/mol. The largest absolute Gasteiger partial charge is 0.439 e. The van der Waals surface area contributed by atoms with Crippen LogP contribution in [-0.4, -0.2) is 7.05 Å². The Morgan fingerprint density at radius 3 is 2.68 bits per heavy atom. The number of allylic oxidation sites excluding steroid dienone is 3. The van der Waals surface area contributed by atoms with Crippen molar-refractivity contribution in [2.45, 2.75) is 40.2 Å². The first-order valence-corrected chi connectivity index (χ1v) is 11.7. The van der Waals surface area contributed by atoms with Gasteiger partial charge in [-0.3, -0.25) is 0 Å². The van der Waals surface area contributed by atoms with Gasteiger partial charge in [-0.2, -0.15) is 4.57 Å². The van der Waals surface area contributed by atoms with Crippen LogP contribution in [0.25, 0.3) is 16.3 Å². The summed E-state index contributed by atoms with van der Waals surface area (Å²) in [7, 11) is 2.03. The van der Waals surface area contributed by atoms with Gasteiger partial charge in [-0.25, -0.2) is 0 Å². The van der Waals surface area contributed by atoms with Gasteiger partial charge in [0.05, 0.1) is 5.69 Å². The third-order valence-electron chi connectivity index (χ3n) is 5.69. The molecular weight excluding hydrogens is 400 g/mol. The molecule has 0 radical (unpaired) electrons. The third kappa shape index (κ3) is 4.59. The van der Waals surface area contributed by atoms with Gasteiger partial charge in [0.2, 0.25) is 11.4 Å². The number of hydrogen-bond acceptors (Lipinski definition) is 3. The van der Waals surface area contributed by atoms with Crippen LogP contribution in [0.5, 0.6) is 5.75 Å². The van der Waals surface area contributed by atoms with Crippen molar-refractivity contribution in [1.82, 2.24) is 0 Å². The molecule has 31 heavy (non-hydrogen) atoms. The summed E-state index contributed by atoms with van der Waals surface area (Å²) in [6.45, 7) is 12.1. The maximum Gasteiger partial charge on any atom is 0.262 e. The highest BCUT2D eigenvalue weighted by Crippen LogP contribution is 2.38. The molecule has 160 valence electrons. The molecule has 0 spiro atoms. The van der Waals surface area contributed by atoms with Crippen LogP contribution in [-0.2, 0) is 6.54 Å². The molecule has 2 heterocycles. The first-order chi connectivity index (χ1) is 14.9. The summed E-state index contributed by atoms with van der Waals surface area (Å²) < 4.78 is 9.73. The van der Waals surface area contributed by atoms with Gasteiger partial charge in [-0.05, 0) is 49.0 Å². The van der Waals surface area contributed by atoms with Crippen LogP contribution in [0.4, 0.5) is 5.69 Å². The zero-order chi connectivity index (χ0) is 22.0. The number of rotatable bonds is 7. The predicted octanol–water partition coefficient (Wildman–Crippen LogP) is 6.95. The van der Waals surface area contributed by atoms with E-state index < -0.39 is 0 Å². The van der Waals surface area contributed by atoms with E-state index in [9.17, 15) is 0 Å². The topological polar surface area (TPSA) is 16.4 Å². The lowest BCUT2D eigenvalue weighted by atomic mass is 9.82. The Labute approximate surface area is 189 Å². The zero-order valence-corrected chi connectivity index (χ0v) is 19.7. The van der Waals surface area contributed by atoms with Crippen LogP contribution in [0.15, 0.2) is 78.7 Å². The molecule has 1 aliphatic rings. The van der Waals surface area contributed by atoms with Gasteiger partial charge in [0, 0.05) is 25.3 Å². The van der Waals surface area contributed by atoms with Crippen molar-refractivity contribution in [3.05, 3.63) is 83.7 Å². The number of nitrogens with zero attached hydrogens (tertiary/aromatic N) is 2. The van der Waals surface area contributed by atoms with E-state index in [1.54, 1.807) is 0 Å². The number of aromatic nitrogens is 1. The highest BCUT2D eigenvalue weighted by atomic mass is 32.1. The number of fused-ring (bicyclic) bond motifs is 2. The van der Waals surface area contributed by atoms with Crippen LogP contribution in [0.1, 0.15) is 38.6 Å². The van der Waals surface area contributed by atoms with Crippen molar-refractivity contribution >= 4 is 33.3 Å². The van der Waals surface area contributed by atoms with Gasteiger partial charge in [0.15, 0.2) is 5.75 Å². The van der Waals surface area contributed by atoms with Gasteiger partial charge in [-0.15, -0.1) is 0 Å². The fourth-order valence-electron chi connectivity index (χ4n) is 4.14. The van der Waals surface area contributed by atoms with Gasteiger partial charge < -0.3 is 9.64 Å². The third-order valence-corrected chi connectivity index (χ3v) is 6.82. The number of anilines is 1. The summed E-state index contributed by atoms with van der Waals surface area (Å²) in [6, 6.07) is 16.7. The normalized spacial score (nSPS) is 15.1. The first kappa shape index (κ1) is 21.4. The molecule has 4 rings (SSSR count). The molecule has 2 aromatic carbocycles. The number of para-hydroxylation sites is 3. The summed E-state index contributed by atoms with van der Waals surface area (Å²) in [5.74, 6) is 1.74. The van der Waals surface area contributed by atoms with E-state index in [0.29, 0.717) is 0 Å². The van der Waals surface area contributed by atoms with Crippen LogP contribution in [0.2, 0.25) is 0 Å². The van der Waals surface area contributed by atoms with E-state index in [1.165, 1.54) is 15.2 Å². The maximum atomic E-state index is 6.01. The van der Waals surface area contributed by atoms with E-state index in [2.05, 4.69) is 85.4 Å². The molecule has 0 atom stereocenters. The summed E-state index contributed by atoms with van der Waals surface area (Å²) >= 11 is 1.86. The Kier molecular flexibility index (Phi) is 6.01. The minimum Gasteiger partial charge on any atom is -0.439 e. The highest BCUT2D eigenvalue weighted by molar-refractivity contribution is 7.18. The van der Waals surface area contributed by atoms with Crippen LogP contribution < -0.4 is 14.2 Å². The summed E-state index contributed by atoms with van der Waals surface area (Å²) in [5, 5.41) is 1.30. The standard InChI is InChI=1S/C27H31N2OS/c1-6-29-22-13-8-10-15-24(22)31-26(29)16-11-17-27(3,4)19-20(2)18-25-28(5)21-12-7-9-14-23(21)30-25/h7-16,18H,2,6,17,19H2,1,3-5H3/q+1/b16-11-,25-18?. The van der Waals surface area contributed by atoms with Gasteiger partial charge in [-0.1, -0.05) is 62.1 Å². The molecule has 4 heteroatoms. The molecule has 1 aromatic heterocycles. The number of aryl methyl sites for hydroxylation is 1. The molecule has 1 aliphatic heterocycles. The minimum atomic E-state index is 0.113. The van der Waals surface area contributed by atoms with E-state index >= 15 is 0 Å². The second-order valence-corrected chi connectivity index (χ2v) is 9.93. The molecule has 0 unspecified atom stereocenters. The minimum absolute atomic E-state index is 0.113. The molecule has 0 saturated heterocycles. The summed E-state index contributed by atoms with van der Waals surface area (Å²) in [6.07, 6.45) is 8.56. The van der Waals surface area contributed by atoms with Crippen molar-refractivity contribution in [2.75, 3.05) is 11.9 Å². The number of hydrogen-bond donors (Lipinski definition) is 0. The SMILES string of the molecule is C=C(C=C1Oc2ccccc2N1C)CC(C)(C)C/C=C\c1sc2ccccc2[n+]1CC. The van der Waals surface area contributed by atoms with Crippen LogP contribution >= 0.6 is 11.3 Å². The van der Waals surface area contributed by atoms with E-state index in [0.717, 1.165) is 42.3 Å². The van der Waals surface area contributed by atoms with Crippen molar-refractivity contribution in [3.63, 3.8) is 0 Å². The molecule has 3 nitrogen and oxygen atoms in total. The predicted molar refractivity (Wildman–Crippen MR) is 132 cm³/mol. The van der Waals surface area contributed by atoms with Gasteiger partial charge >= 0.3 is 0 Å². The first-order valence-electron chi connectivity index (χ1n) is 10.9. The van der Waals surface area contributed by atoms with Gasteiger partial charge in [0.1, 0.15) is 11.2 Å². The Morgan fingerprint density at radius 2 is 1.90 bits per heavy atom. The molecule has 0 bridgehead atoms. The van der Waals surface area contributed by atoms with Gasteiger partial charge in [0.25, 0.3) is 5.01 Å². The van der Waals surface area contributed by atoms with Crippen LogP contribution in [0.3, 0.4) is 0 Å². The zero-order valence-electron chi connectivity index (χ0n) is 18.9. The number of thiazole rings is 1. The fraction of sp³-hybridized carbons (Fsp3) is 0.296. The van der Waals surface area contributed by atoms with Crippen molar-refractivity contribution in [1.29, 1.82) is 0 Å². The fourth-order valence-corrected chi connectivity index (χ4v) is 5.30. The van der Waals surface area contributed by atoms with Crippen molar-refractivity contribution < 1.29 is 9.30 Å². The van der Waals surface area contributed by atoms with Crippen LogP contribution in [0, 0.1) is 5.41 Å². The van der Waals surface area contributed by atoms with E-state index in [1.807, 2.05) is 36.6 Å². The molecular formula is C27H31N2OS+. The Balaban J connectivity index is 1.41. The lowest BCUT2D eigenvalue weighted by Crippen LogP contribution is -2.33. The Bertz CT molecular complexity index is 1170. The summed E-state index contributed by atoms with van der Waals surface area (Å²) in [4.78, 5) is 2.08. The monoisotopic (exact) mass is 431 g/mol. The number of ether oxygens (including phenoxy) is 1. The Hall–Kier alpha value is -2.85. The quantitative estimate of drug-likeness (QED) is 0.376. The van der Waals surface area contributed by atoms with Crippen molar-refractivity contribution in [2.24, 2.45) is 5.41 Å². The highest BCUT2D eigenvalue weighted by Gasteiger charge is 2.24. The second-order valence-electron chi connectivity index (χ2n) is 8.87. The lowest BCUT2D eigenvalue weighted by molar-refractivity contribution is -0.665. The van der Waals surface area contributed by atoms with E-state index in [-0.39, 0.29) is 5.41 Å². The maximum absolute atomic E-state index is 6.01. The average Bonchev–Trinajstić information content (AvgIpc) is 3.24. The molecule has 0 saturated carbocycles. The van der Waals surface area contributed by atoms with E-state index in [4.69, 9.17) is 4.74 Å². The smallest absolute Gasteiger partial charge is 0.262 e. The molecule has 3 aromatic rings. The molecule has 0 aliphatic carbocycles. The molecule has 0 N–H and O–H groups in total. The molecule has 0 fully saturated rings. The lowest BCUT2D eigenvalue weighted by Gasteiger charge is -2.23. The second kappa shape index (κ2) is 8.72. The molecule has 0 amide bonds. The Morgan fingerprint density at radius 1 is 1.16 bits per heavy atom. The number of benzene rings is 2. The summed E-state index contributed by atoms with van der Waals surface area (Å²) in [5.41, 5.74) is 3.60.